The van der Waals surface area contributed by atoms with Gasteiger partial charge in [0.15, 0.2) is 0 Å². The van der Waals surface area contributed by atoms with Crippen molar-refractivity contribution in [2.45, 2.75) is 58.5 Å². The lowest BCUT2D eigenvalue weighted by Gasteiger charge is -2.27. The minimum atomic E-state index is -0.904. The summed E-state index contributed by atoms with van der Waals surface area (Å²) in [6, 6.07) is 6.00. The Morgan fingerprint density at radius 2 is 1.69 bits per heavy atom. The summed E-state index contributed by atoms with van der Waals surface area (Å²) >= 11 is 2.17. The summed E-state index contributed by atoms with van der Waals surface area (Å²) in [5.74, 6) is -2.19. The molecule has 2 rings (SSSR count). The molecule has 1 saturated heterocycles. The fourth-order valence-electron chi connectivity index (χ4n) is 3.86. The smallest absolute Gasteiger partial charge is 0.328 e. The van der Waals surface area contributed by atoms with E-state index in [1.807, 2.05) is 45.0 Å². The summed E-state index contributed by atoms with van der Waals surface area (Å²) in [6.07, 6.45) is 1.85. The molecule has 36 heavy (non-hydrogen) atoms. The average molecular weight is 614 g/mol. The van der Waals surface area contributed by atoms with E-state index in [1.165, 1.54) is 7.11 Å². The molecule has 0 saturated carbocycles. The maximum Gasteiger partial charge on any atom is 0.328 e. The third-order valence-corrected chi connectivity index (χ3v) is 6.32. The number of methoxy groups -OCH3 is 1. The molecule has 1 fully saturated rings. The molecule has 2 atom stereocenters. The number of likely N-dealkylation sites (tertiary alicyclic amines) is 1. The van der Waals surface area contributed by atoms with Gasteiger partial charge in [-0.2, -0.15) is 0 Å². The minimum Gasteiger partial charge on any atom is -0.467 e. The SMILES string of the molecule is COC(=O)C(Cc1ccc(I)cc1)NC(=O)CNC(=O)CNC(=O)[C@@H]1CCCN1C(=O)CC(C)(C)C. The van der Waals surface area contributed by atoms with Crippen LogP contribution in [0.15, 0.2) is 24.3 Å². The van der Waals surface area contributed by atoms with Gasteiger partial charge in [0, 0.05) is 23.0 Å². The topological polar surface area (TPSA) is 134 Å². The summed E-state index contributed by atoms with van der Waals surface area (Å²) < 4.78 is 5.83. The van der Waals surface area contributed by atoms with E-state index in [0.29, 0.717) is 19.4 Å². The number of ether oxygens (including phenoxy) is 1. The molecule has 0 radical (unpaired) electrons. The molecule has 1 heterocycles. The molecule has 0 aliphatic carbocycles. The highest BCUT2D eigenvalue weighted by molar-refractivity contribution is 14.1. The van der Waals surface area contributed by atoms with Gasteiger partial charge < -0.3 is 25.6 Å². The zero-order valence-corrected chi connectivity index (χ0v) is 23.3. The van der Waals surface area contributed by atoms with Crippen molar-refractivity contribution in [1.29, 1.82) is 0 Å². The number of hydrogen-bond acceptors (Lipinski definition) is 6. The van der Waals surface area contributed by atoms with E-state index >= 15 is 0 Å². The molecule has 1 aromatic carbocycles. The van der Waals surface area contributed by atoms with E-state index in [1.54, 1.807) is 4.90 Å². The van der Waals surface area contributed by atoms with Crippen molar-refractivity contribution in [2.24, 2.45) is 5.41 Å². The Bertz CT molecular complexity index is 960. The van der Waals surface area contributed by atoms with Crippen LogP contribution in [0.3, 0.4) is 0 Å². The number of esters is 1. The molecule has 4 amide bonds. The van der Waals surface area contributed by atoms with E-state index < -0.39 is 35.8 Å². The quantitative estimate of drug-likeness (QED) is 0.268. The highest BCUT2D eigenvalue weighted by Gasteiger charge is 2.35. The highest BCUT2D eigenvalue weighted by atomic mass is 127. The van der Waals surface area contributed by atoms with Gasteiger partial charge in [0.25, 0.3) is 0 Å². The molecule has 3 N–H and O–H groups in total. The predicted octanol–water partition coefficient (Wildman–Crippen LogP) is 1.15. The van der Waals surface area contributed by atoms with E-state index in [2.05, 4.69) is 38.5 Å². The van der Waals surface area contributed by atoms with Crippen LogP contribution in [0.25, 0.3) is 0 Å². The van der Waals surface area contributed by atoms with Crippen LogP contribution in [0, 0.1) is 8.99 Å². The van der Waals surface area contributed by atoms with E-state index in [0.717, 1.165) is 15.6 Å². The van der Waals surface area contributed by atoms with Crippen LogP contribution < -0.4 is 16.0 Å². The first-order chi connectivity index (χ1) is 16.9. The number of nitrogens with one attached hydrogen (secondary N) is 3. The molecular formula is C25H35IN4O6. The van der Waals surface area contributed by atoms with Crippen LogP contribution in [0.5, 0.6) is 0 Å². The fraction of sp³-hybridized carbons (Fsp3) is 0.560. The van der Waals surface area contributed by atoms with Gasteiger partial charge in [-0.3, -0.25) is 19.2 Å². The van der Waals surface area contributed by atoms with Crippen molar-refractivity contribution in [3.63, 3.8) is 0 Å². The third kappa shape index (κ3) is 9.75. The molecule has 1 aromatic rings. The Morgan fingerprint density at radius 3 is 2.31 bits per heavy atom. The average Bonchev–Trinajstić information content (AvgIpc) is 3.31. The van der Waals surface area contributed by atoms with Crippen molar-refractivity contribution in [3.8, 4) is 0 Å². The normalized spacial score (nSPS) is 16.1. The molecule has 10 nitrogen and oxygen atoms in total. The predicted molar refractivity (Wildman–Crippen MR) is 142 cm³/mol. The number of halogens is 1. The van der Waals surface area contributed by atoms with Gasteiger partial charge in [0.1, 0.15) is 12.1 Å². The maximum atomic E-state index is 12.6. The lowest BCUT2D eigenvalue weighted by molar-refractivity contribution is -0.145. The second kappa shape index (κ2) is 13.6. The molecule has 1 aliphatic heterocycles. The summed E-state index contributed by atoms with van der Waals surface area (Å²) in [5.41, 5.74) is 0.660. The summed E-state index contributed by atoms with van der Waals surface area (Å²) in [5, 5.41) is 7.55. The van der Waals surface area contributed by atoms with Crippen molar-refractivity contribution in [3.05, 3.63) is 33.4 Å². The zero-order valence-electron chi connectivity index (χ0n) is 21.2. The highest BCUT2D eigenvalue weighted by Crippen LogP contribution is 2.24. The number of rotatable bonds is 10. The Labute approximate surface area is 225 Å². The molecule has 1 unspecified atom stereocenters. The van der Waals surface area contributed by atoms with Gasteiger partial charge in [-0.05, 0) is 58.5 Å². The maximum absolute atomic E-state index is 12.6. The molecule has 1 aliphatic rings. The first-order valence-electron chi connectivity index (χ1n) is 11.8. The number of benzene rings is 1. The first-order valence-corrected chi connectivity index (χ1v) is 12.9. The van der Waals surface area contributed by atoms with E-state index in [-0.39, 0.29) is 30.8 Å². The van der Waals surface area contributed by atoms with Crippen LogP contribution in [-0.2, 0) is 35.1 Å². The lowest BCUT2D eigenvalue weighted by atomic mass is 9.91. The number of carbonyl (C=O) groups is 5. The molecule has 198 valence electrons. The van der Waals surface area contributed by atoms with Crippen molar-refractivity contribution in [1.82, 2.24) is 20.9 Å². The molecule has 0 aromatic heterocycles. The Morgan fingerprint density at radius 1 is 1.06 bits per heavy atom. The fourth-order valence-corrected chi connectivity index (χ4v) is 4.22. The summed E-state index contributed by atoms with van der Waals surface area (Å²) in [7, 11) is 1.24. The van der Waals surface area contributed by atoms with Gasteiger partial charge >= 0.3 is 5.97 Å². The van der Waals surface area contributed by atoms with Crippen LogP contribution >= 0.6 is 22.6 Å². The monoisotopic (exact) mass is 614 g/mol. The molecule has 0 bridgehead atoms. The molecular weight excluding hydrogens is 579 g/mol. The van der Waals surface area contributed by atoms with E-state index in [4.69, 9.17) is 4.74 Å². The second-order valence-corrected chi connectivity index (χ2v) is 11.2. The molecule has 0 spiro atoms. The Hall–Kier alpha value is -2.70. The van der Waals surface area contributed by atoms with Crippen LogP contribution in [0.2, 0.25) is 0 Å². The van der Waals surface area contributed by atoms with E-state index in [9.17, 15) is 24.0 Å². The first kappa shape index (κ1) is 29.5. The van der Waals surface area contributed by atoms with Gasteiger partial charge in [0.2, 0.25) is 23.6 Å². The number of nitrogens with zero attached hydrogens (tertiary/aromatic N) is 1. The van der Waals surface area contributed by atoms with Gasteiger partial charge in [-0.15, -0.1) is 0 Å². The summed E-state index contributed by atoms with van der Waals surface area (Å²) in [6.45, 7) is 5.72. The van der Waals surface area contributed by atoms with Gasteiger partial charge in [-0.25, -0.2) is 4.79 Å². The van der Waals surface area contributed by atoms with Crippen LogP contribution in [0.4, 0.5) is 0 Å². The standard InChI is InChI=1S/C25H35IN4O6/c1-25(2,3)13-22(33)30-11-5-6-19(30)23(34)28-14-20(31)27-15-21(32)29-18(24(35)36-4)12-16-7-9-17(26)10-8-16/h7-10,18-19H,5-6,11-15H2,1-4H3,(H,27,31)(H,28,34)(H,29,32)/t18?,19-/m0/s1. The van der Waals surface area contributed by atoms with Crippen molar-refractivity contribution in [2.75, 3.05) is 26.7 Å². The summed E-state index contributed by atoms with van der Waals surface area (Å²) in [4.78, 5) is 63.4. The van der Waals surface area contributed by atoms with Crippen molar-refractivity contribution >= 4 is 52.2 Å². The Balaban J connectivity index is 1.80. The van der Waals surface area contributed by atoms with Crippen molar-refractivity contribution < 1.29 is 28.7 Å². The number of amides is 4. The second-order valence-electron chi connectivity index (χ2n) is 9.95. The Kier molecular flexibility index (Phi) is 11.1. The van der Waals surface area contributed by atoms with Gasteiger partial charge in [0.05, 0.1) is 20.2 Å². The van der Waals surface area contributed by atoms with Gasteiger partial charge in [-0.1, -0.05) is 32.9 Å². The lowest BCUT2D eigenvalue weighted by Crippen LogP contribution is -2.50. The zero-order chi connectivity index (χ0) is 26.9. The third-order valence-electron chi connectivity index (χ3n) is 5.60. The van der Waals surface area contributed by atoms with Crippen LogP contribution in [0.1, 0.15) is 45.6 Å². The number of carbonyl (C=O) groups excluding carboxylic acids is 5. The minimum absolute atomic E-state index is 0.0772. The molecule has 11 heteroatoms. The largest absolute Gasteiger partial charge is 0.467 e. The van der Waals surface area contributed by atoms with Crippen LogP contribution in [-0.4, -0.2) is 73.3 Å². The number of hydrogen-bond donors (Lipinski definition) is 3.